The Morgan fingerprint density at radius 3 is 2.48 bits per heavy atom. The van der Waals surface area contributed by atoms with E-state index >= 15 is 0 Å². The summed E-state index contributed by atoms with van der Waals surface area (Å²) in [4.78, 5) is 0. The molecule has 0 bridgehead atoms. The Bertz CT molecular complexity index is 592. The van der Waals surface area contributed by atoms with Crippen LogP contribution >= 0.6 is 15.9 Å². The predicted molar refractivity (Wildman–Crippen MR) is 88.0 cm³/mol. The average molecular weight is 348 g/mol. The molecule has 1 atom stereocenters. The van der Waals surface area contributed by atoms with Gasteiger partial charge in [0.2, 0.25) is 0 Å². The molecule has 2 aromatic rings. The maximum absolute atomic E-state index is 13.1. The third-order valence-electron chi connectivity index (χ3n) is 4.00. The number of hydrogen-bond acceptors (Lipinski definition) is 1. The van der Waals surface area contributed by atoms with Crippen LogP contribution in [0, 0.1) is 5.82 Å². The third-order valence-corrected chi connectivity index (χ3v) is 4.77. The molecule has 2 aromatic carbocycles. The van der Waals surface area contributed by atoms with Gasteiger partial charge in [0.15, 0.2) is 0 Å². The first-order chi connectivity index (χ1) is 10.2. The zero-order valence-electron chi connectivity index (χ0n) is 11.9. The monoisotopic (exact) mass is 347 g/mol. The minimum atomic E-state index is -0.173. The molecule has 0 aliphatic heterocycles. The lowest BCUT2D eigenvalue weighted by molar-refractivity contribution is 0.573. The Hall–Kier alpha value is -1.19. The van der Waals surface area contributed by atoms with Crippen LogP contribution in [0.2, 0.25) is 0 Å². The lowest BCUT2D eigenvalue weighted by Gasteiger charge is -2.19. The molecular formula is C18H19BrFN. The fraction of sp³-hybridized carbons (Fsp3) is 0.333. The van der Waals surface area contributed by atoms with Crippen LogP contribution in [0.25, 0.3) is 0 Å². The molecule has 0 heterocycles. The summed E-state index contributed by atoms with van der Waals surface area (Å²) in [5, 5.41) is 3.60. The van der Waals surface area contributed by atoms with Gasteiger partial charge in [0.1, 0.15) is 5.82 Å². The summed E-state index contributed by atoms with van der Waals surface area (Å²) < 4.78 is 14.3. The van der Waals surface area contributed by atoms with Crippen LogP contribution in [-0.4, -0.2) is 12.6 Å². The quantitative estimate of drug-likeness (QED) is 0.800. The molecule has 0 amide bonds. The summed E-state index contributed by atoms with van der Waals surface area (Å²) in [5.41, 5.74) is 2.49. The lowest BCUT2D eigenvalue weighted by atomic mass is 9.92. The SMILES string of the molecule is Fc1ccc(C(CNC2CC2)Cc2ccccc2Br)cc1. The zero-order chi connectivity index (χ0) is 14.7. The van der Waals surface area contributed by atoms with E-state index in [1.165, 1.54) is 24.0 Å². The summed E-state index contributed by atoms with van der Waals surface area (Å²) in [6.45, 7) is 0.942. The number of nitrogens with one attached hydrogen (secondary N) is 1. The molecule has 1 aliphatic carbocycles. The predicted octanol–water partition coefficient (Wildman–Crippen LogP) is 4.67. The normalized spacial score (nSPS) is 15.9. The molecule has 0 radical (unpaired) electrons. The molecule has 21 heavy (non-hydrogen) atoms. The second-order valence-corrected chi connectivity index (χ2v) is 6.58. The van der Waals surface area contributed by atoms with Crippen LogP contribution in [0.3, 0.4) is 0 Å². The fourth-order valence-electron chi connectivity index (χ4n) is 2.57. The van der Waals surface area contributed by atoms with Gasteiger partial charge in [-0.15, -0.1) is 0 Å². The molecule has 1 nitrogen and oxygen atoms in total. The molecule has 110 valence electrons. The minimum absolute atomic E-state index is 0.173. The molecule has 0 saturated heterocycles. The molecular weight excluding hydrogens is 329 g/mol. The van der Waals surface area contributed by atoms with Gasteiger partial charge >= 0.3 is 0 Å². The third kappa shape index (κ3) is 4.14. The summed E-state index contributed by atoms with van der Waals surface area (Å²) in [6.07, 6.45) is 3.52. The summed E-state index contributed by atoms with van der Waals surface area (Å²) in [7, 11) is 0. The molecule has 3 rings (SSSR count). The van der Waals surface area contributed by atoms with Crippen molar-refractivity contribution < 1.29 is 4.39 Å². The highest BCUT2D eigenvalue weighted by Gasteiger charge is 2.23. The lowest BCUT2D eigenvalue weighted by Crippen LogP contribution is -2.25. The standard InChI is InChI=1S/C18H19BrFN/c19-18-4-2-1-3-14(18)11-15(12-21-17-9-10-17)13-5-7-16(20)8-6-13/h1-8,15,17,21H,9-12H2. The molecule has 0 spiro atoms. The molecule has 1 unspecified atom stereocenters. The van der Waals surface area contributed by atoms with E-state index in [1.54, 1.807) is 12.1 Å². The van der Waals surface area contributed by atoms with Gasteiger partial charge in [-0.05, 0) is 48.6 Å². The Labute approximate surface area is 133 Å². The van der Waals surface area contributed by atoms with E-state index in [2.05, 4.69) is 39.4 Å². The summed E-state index contributed by atoms with van der Waals surface area (Å²) in [6, 6.07) is 15.9. The van der Waals surface area contributed by atoms with Gasteiger partial charge in [0.05, 0.1) is 0 Å². The van der Waals surface area contributed by atoms with Crippen LogP contribution in [0.15, 0.2) is 53.0 Å². The summed E-state index contributed by atoms with van der Waals surface area (Å²) in [5.74, 6) is 0.193. The van der Waals surface area contributed by atoms with Gasteiger partial charge in [-0.3, -0.25) is 0 Å². The van der Waals surface area contributed by atoms with Crippen LogP contribution in [0.1, 0.15) is 29.9 Å². The largest absolute Gasteiger partial charge is 0.313 e. The van der Waals surface area contributed by atoms with Gasteiger partial charge in [-0.25, -0.2) is 4.39 Å². The second-order valence-electron chi connectivity index (χ2n) is 5.73. The molecule has 1 fully saturated rings. The Morgan fingerprint density at radius 1 is 1.10 bits per heavy atom. The van der Waals surface area contributed by atoms with Crippen LogP contribution in [0.5, 0.6) is 0 Å². The highest BCUT2D eigenvalue weighted by molar-refractivity contribution is 9.10. The van der Waals surface area contributed by atoms with Crippen molar-refractivity contribution in [3.05, 3.63) is 69.9 Å². The number of rotatable bonds is 6. The van der Waals surface area contributed by atoms with E-state index in [1.807, 2.05) is 18.2 Å². The first-order valence-corrected chi connectivity index (χ1v) is 8.24. The highest BCUT2D eigenvalue weighted by atomic mass is 79.9. The first-order valence-electron chi connectivity index (χ1n) is 7.44. The maximum Gasteiger partial charge on any atom is 0.123 e. The van der Waals surface area contributed by atoms with Crippen molar-refractivity contribution in [1.29, 1.82) is 0 Å². The van der Waals surface area contributed by atoms with E-state index in [9.17, 15) is 4.39 Å². The summed E-state index contributed by atoms with van der Waals surface area (Å²) >= 11 is 3.62. The minimum Gasteiger partial charge on any atom is -0.313 e. The van der Waals surface area contributed by atoms with Crippen LogP contribution < -0.4 is 5.32 Å². The average Bonchev–Trinajstić information content (AvgIpc) is 3.31. The van der Waals surface area contributed by atoms with Gasteiger partial charge in [0, 0.05) is 23.0 Å². The zero-order valence-corrected chi connectivity index (χ0v) is 13.4. The van der Waals surface area contributed by atoms with E-state index < -0.39 is 0 Å². The van der Waals surface area contributed by atoms with Crippen molar-refractivity contribution in [2.45, 2.75) is 31.2 Å². The number of hydrogen-bond donors (Lipinski definition) is 1. The van der Waals surface area contributed by atoms with Gasteiger partial charge < -0.3 is 5.32 Å². The number of benzene rings is 2. The Kier molecular flexibility index (Phi) is 4.71. The molecule has 1 N–H and O–H groups in total. The van der Waals surface area contributed by atoms with Crippen LogP contribution in [-0.2, 0) is 6.42 Å². The molecule has 1 saturated carbocycles. The highest BCUT2D eigenvalue weighted by Crippen LogP contribution is 2.27. The number of halogens is 2. The van der Waals surface area contributed by atoms with Crippen molar-refractivity contribution in [2.24, 2.45) is 0 Å². The van der Waals surface area contributed by atoms with Crippen molar-refractivity contribution in [2.75, 3.05) is 6.54 Å². The molecule has 3 heteroatoms. The van der Waals surface area contributed by atoms with E-state index in [0.717, 1.165) is 17.4 Å². The molecule has 0 aromatic heterocycles. The van der Waals surface area contributed by atoms with Crippen molar-refractivity contribution in [1.82, 2.24) is 5.32 Å². The van der Waals surface area contributed by atoms with E-state index in [-0.39, 0.29) is 5.82 Å². The molecule has 1 aliphatic rings. The smallest absolute Gasteiger partial charge is 0.123 e. The van der Waals surface area contributed by atoms with E-state index in [4.69, 9.17) is 0 Å². The second kappa shape index (κ2) is 6.71. The first kappa shape index (κ1) is 14.7. The Morgan fingerprint density at radius 2 is 1.81 bits per heavy atom. The van der Waals surface area contributed by atoms with Crippen LogP contribution in [0.4, 0.5) is 4.39 Å². The topological polar surface area (TPSA) is 12.0 Å². The fourth-order valence-corrected chi connectivity index (χ4v) is 3.02. The van der Waals surface area contributed by atoms with Gasteiger partial charge in [-0.2, -0.15) is 0 Å². The van der Waals surface area contributed by atoms with Gasteiger partial charge in [-0.1, -0.05) is 46.3 Å². The maximum atomic E-state index is 13.1. The Balaban J connectivity index is 1.77. The van der Waals surface area contributed by atoms with Gasteiger partial charge in [0.25, 0.3) is 0 Å². The van der Waals surface area contributed by atoms with E-state index in [0.29, 0.717) is 12.0 Å². The van der Waals surface area contributed by atoms with Crippen molar-refractivity contribution >= 4 is 15.9 Å². The van der Waals surface area contributed by atoms with Crippen molar-refractivity contribution in [3.63, 3.8) is 0 Å². The van der Waals surface area contributed by atoms with Crippen molar-refractivity contribution in [3.8, 4) is 0 Å².